The lowest BCUT2D eigenvalue weighted by atomic mass is 9.99. The molecule has 164 valence electrons. The molecule has 0 bridgehead atoms. The van der Waals surface area contributed by atoms with E-state index < -0.39 is 30.3 Å². The van der Waals surface area contributed by atoms with Gasteiger partial charge in [-0.1, -0.05) is 30.3 Å². The number of carbonyl (C=O) groups excluding carboxylic acids is 1. The van der Waals surface area contributed by atoms with E-state index in [0.717, 1.165) is 44.1 Å². The van der Waals surface area contributed by atoms with Gasteiger partial charge in [-0.2, -0.15) is 0 Å². The van der Waals surface area contributed by atoms with Gasteiger partial charge in [0.2, 0.25) is 5.91 Å². The lowest BCUT2D eigenvalue weighted by molar-refractivity contribution is -0.241. The molecule has 0 radical (unpaired) electrons. The van der Waals surface area contributed by atoms with Crippen LogP contribution in [-0.4, -0.2) is 65.5 Å². The fourth-order valence-corrected chi connectivity index (χ4v) is 5.33. The summed E-state index contributed by atoms with van der Waals surface area (Å²) in [5, 5.41) is 10.2. The molecule has 3 saturated heterocycles. The topological polar surface area (TPSA) is 77.5 Å². The van der Waals surface area contributed by atoms with Gasteiger partial charge in [0.25, 0.3) is 0 Å². The van der Waals surface area contributed by atoms with E-state index in [9.17, 15) is 9.90 Å². The molecule has 7 heteroatoms. The molecule has 5 atom stereocenters. The third-order valence-electron chi connectivity index (χ3n) is 6.87. The highest BCUT2D eigenvalue weighted by atomic mass is 16.8. The van der Waals surface area contributed by atoms with Gasteiger partial charge in [0.05, 0.1) is 19.3 Å². The van der Waals surface area contributed by atoms with Gasteiger partial charge in [-0.15, -0.1) is 0 Å². The molecule has 1 aromatic carbocycles. The summed E-state index contributed by atoms with van der Waals surface area (Å²) < 4.78 is 25.3. The monoisotopic (exact) mass is 417 g/mol. The lowest BCUT2D eigenvalue weighted by Gasteiger charge is -2.39. The Balaban J connectivity index is 1.37. The average molecular weight is 418 g/mol. The van der Waals surface area contributed by atoms with Crippen molar-refractivity contribution in [1.29, 1.82) is 0 Å². The second kappa shape index (κ2) is 8.55. The van der Waals surface area contributed by atoms with Crippen molar-refractivity contribution in [3.8, 4) is 0 Å². The van der Waals surface area contributed by atoms with Crippen LogP contribution in [0.5, 0.6) is 0 Å². The van der Waals surface area contributed by atoms with Crippen molar-refractivity contribution in [1.82, 2.24) is 4.90 Å². The Morgan fingerprint density at radius 2 is 1.93 bits per heavy atom. The van der Waals surface area contributed by atoms with Crippen LogP contribution in [0.1, 0.15) is 50.5 Å². The summed E-state index contributed by atoms with van der Waals surface area (Å²) in [7, 11) is 0. The van der Waals surface area contributed by atoms with Gasteiger partial charge >= 0.3 is 0 Å². The van der Waals surface area contributed by atoms with E-state index in [1.165, 1.54) is 0 Å². The van der Waals surface area contributed by atoms with Crippen LogP contribution in [0.3, 0.4) is 0 Å². The number of fused-ring (bicyclic) bond motifs is 1. The van der Waals surface area contributed by atoms with E-state index in [2.05, 4.69) is 0 Å². The number of carbonyl (C=O) groups is 1. The van der Waals surface area contributed by atoms with Crippen LogP contribution in [0.25, 0.3) is 0 Å². The van der Waals surface area contributed by atoms with Crippen LogP contribution in [0, 0.1) is 0 Å². The normalized spacial score (nSPS) is 33.9. The van der Waals surface area contributed by atoms with Crippen molar-refractivity contribution < 1.29 is 28.8 Å². The molecule has 7 nitrogen and oxygen atoms in total. The molecule has 1 aliphatic carbocycles. The van der Waals surface area contributed by atoms with Crippen molar-refractivity contribution in [2.24, 2.45) is 0 Å². The first-order chi connectivity index (χ1) is 14.7. The predicted octanol–water partition coefficient (Wildman–Crippen LogP) is 2.36. The van der Waals surface area contributed by atoms with Gasteiger partial charge in [0, 0.05) is 25.8 Å². The number of hydrogen-bond donors (Lipinski definition) is 1. The minimum atomic E-state index is -0.565. The second-order valence-corrected chi connectivity index (χ2v) is 8.84. The highest BCUT2D eigenvalue weighted by Crippen LogP contribution is 2.47. The average Bonchev–Trinajstić information content (AvgIpc) is 3.45. The first-order valence-corrected chi connectivity index (χ1v) is 11.3. The van der Waals surface area contributed by atoms with E-state index in [1.807, 2.05) is 30.3 Å². The molecule has 0 unspecified atom stereocenters. The third kappa shape index (κ3) is 3.78. The van der Waals surface area contributed by atoms with E-state index >= 15 is 0 Å². The van der Waals surface area contributed by atoms with Crippen molar-refractivity contribution in [2.45, 2.75) is 88.0 Å². The van der Waals surface area contributed by atoms with E-state index in [-0.39, 0.29) is 18.6 Å². The van der Waals surface area contributed by atoms with Crippen LogP contribution >= 0.6 is 0 Å². The standard InChI is InChI=1S/C23H31NO6/c25-14-17(24-13-7-4-10-18(24)26)19-20(27-15-16-8-2-1-3-9-16)21-22(28-19)30-23(29-21)11-5-6-12-23/h1-3,8-9,17,19-22,25H,4-7,10-15H2/t17-,19+,20-,21+,22+/m0/s1. The zero-order chi connectivity index (χ0) is 20.6. The minimum absolute atomic E-state index is 0.0665. The lowest BCUT2D eigenvalue weighted by Crippen LogP contribution is -2.55. The number of benzene rings is 1. The van der Waals surface area contributed by atoms with Crippen LogP contribution in [0.2, 0.25) is 0 Å². The van der Waals surface area contributed by atoms with Gasteiger partial charge in [0.1, 0.15) is 18.3 Å². The van der Waals surface area contributed by atoms with Crippen molar-refractivity contribution in [3.05, 3.63) is 35.9 Å². The summed E-state index contributed by atoms with van der Waals surface area (Å²) in [4.78, 5) is 14.3. The van der Waals surface area contributed by atoms with Crippen molar-refractivity contribution >= 4 is 5.91 Å². The molecule has 1 spiro atoms. The smallest absolute Gasteiger partial charge is 0.222 e. The molecular formula is C23H31NO6. The van der Waals surface area contributed by atoms with Gasteiger partial charge in [-0.25, -0.2) is 0 Å². The highest BCUT2D eigenvalue weighted by molar-refractivity contribution is 5.77. The molecule has 0 aromatic heterocycles. The number of likely N-dealkylation sites (tertiary alicyclic amines) is 1. The number of aliphatic hydroxyl groups excluding tert-OH is 1. The predicted molar refractivity (Wildman–Crippen MR) is 107 cm³/mol. The maximum atomic E-state index is 12.5. The number of amides is 1. The number of rotatable bonds is 6. The first-order valence-electron chi connectivity index (χ1n) is 11.3. The molecule has 1 N–H and O–H groups in total. The molecule has 4 fully saturated rings. The number of nitrogens with zero attached hydrogens (tertiary/aromatic N) is 1. The molecule has 3 aliphatic heterocycles. The molecular weight excluding hydrogens is 386 g/mol. The van der Waals surface area contributed by atoms with Crippen molar-refractivity contribution in [2.75, 3.05) is 13.2 Å². The number of ether oxygens (including phenoxy) is 4. The Morgan fingerprint density at radius 1 is 1.13 bits per heavy atom. The highest BCUT2D eigenvalue weighted by Gasteiger charge is 2.60. The third-order valence-corrected chi connectivity index (χ3v) is 6.87. The summed E-state index contributed by atoms with van der Waals surface area (Å²) in [6.45, 7) is 0.875. The van der Waals surface area contributed by atoms with Crippen LogP contribution < -0.4 is 0 Å². The molecule has 30 heavy (non-hydrogen) atoms. The summed E-state index contributed by atoms with van der Waals surface area (Å²) in [5.74, 6) is -0.499. The Labute approximate surface area is 177 Å². The van der Waals surface area contributed by atoms with Crippen LogP contribution in [0.4, 0.5) is 0 Å². The molecule has 1 saturated carbocycles. The zero-order valence-corrected chi connectivity index (χ0v) is 17.3. The summed E-state index contributed by atoms with van der Waals surface area (Å²) in [6.07, 6.45) is 4.47. The number of aliphatic hydroxyl groups is 1. The Hall–Kier alpha value is -1.51. The maximum Gasteiger partial charge on any atom is 0.222 e. The molecule has 4 aliphatic rings. The molecule has 3 heterocycles. The van der Waals surface area contributed by atoms with Crippen molar-refractivity contribution in [3.63, 3.8) is 0 Å². The van der Waals surface area contributed by atoms with E-state index in [4.69, 9.17) is 18.9 Å². The minimum Gasteiger partial charge on any atom is -0.394 e. The number of hydrogen-bond acceptors (Lipinski definition) is 6. The molecule has 5 rings (SSSR count). The largest absolute Gasteiger partial charge is 0.394 e. The second-order valence-electron chi connectivity index (χ2n) is 8.84. The van der Waals surface area contributed by atoms with E-state index in [1.54, 1.807) is 4.90 Å². The SMILES string of the molecule is O=C1CCCCN1[C@@H](CO)[C@H]1O[C@@H]2OC3(CCCC3)O[C@@H]2[C@H]1OCc1ccccc1. The van der Waals surface area contributed by atoms with Gasteiger partial charge in [-0.3, -0.25) is 4.79 Å². The quantitative estimate of drug-likeness (QED) is 0.766. The van der Waals surface area contributed by atoms with Gasteiger partial charge < -0.3 is 29.0 Å². The van der Waals surface area contributed by atoms with Crippen LogP contribution in [0.15, 0.2) is 30.3 Å². The van der Waals surface area contributed by atoms with Crippen LogP contribution in [-0.2, 0) is 30.3 Å². The Bertz CT molecular complexity index is 736. The molecule has 1 amide bonds. The summed E-state index contributed by atoms with van der Waals surface area (Å²) >= 11 is 0. The van der Waals surface area contributed by atoms with Gasteiger partial charge in [0.15, 0.2) is 12.1 Å². The maximum absolute atomic E-state index is 12.5. The first kappa shape index (κ1) is 20.4. The molecule has 1 aromatic rings. The summed E-state index contributed by atoms with van der Waals surface area (Å²) in [5.41, 5.74) is 1.06. The fraction of sp³-hybridized carbons (Fsp3) is 0.696. The Kier molecular flexibility index (Phi) is 5.82. The van der Waals surface area contributed by atoms with E-state index in [0.29, 0.717) is 19.6 Å². The summed E-state index contributed by atoms with van der Waals surface area (Å²) in [6, 6.07) is 9.51. The fourth-order valence-electron chi connectivity index (χ4n) is 5.33. The number of piperidine rings is 1. The van der Waals surface area contributed by atoms with Gasteiger partial charge in [-0.05, 0) is 31.2 Å². The zero-order valence-electron chi connectivity index (χ0n) is 17.3. The Morgan fingerprint density at radius 3 is 2.67 bits per heavy atom.